The summed E-state index contributed by atoms with van der Waals surface area (Å²) in [5.74, 6) is -0.510. The van der Waals surface area contributed by atoms with E-state index >= 15 is 0 Å². The molecular weight excluding hydrogens is 546 g/mol. The number of hydrazone groups is 1. The number of anilines is 2. The zero-order valence-electron chi connectivity index (χ0n) is 24.2. The van der Waals surface area contributed by atoms with Gasteiger partial charge in [0, 0.05) is 36.5 Å². The van der Waals surface area contributed by atoms with Crippen molar-refractivity contribution in [2.24, 2.45) is 11.0 Å². The molecule has 2 N–H and O–H groups in total. The first-order chi connectivity index (χ1) is 20.1. The lowest BCUT2D eigenvalue weighted by atomic mass is 9.82. The van der Waals surface area contributed by atoms with E-state index in [1.807, 2.05) is 98.9 Å². The van der Waals surface area contributed by atoms with Gasteiger partial charge in [-0.1, -0.05) is 67.6 Å². The molecule has 3 heterocycles. The van der Waals surface area contributed by atoms with Crippen molar-refractivity contribution in [2.45, 2.75) is 63.1 Å². The number of carbonyl (C=O) groups is 2. The van der Waals surface area contributed by atoms with Crippen LogP contribution >= 0.6 is 0 Å². The van der Waals surface area contributed by atoms with Gasteiger partial charge >= 0.3 is 0 Å². The van der Waals surface area contributed by atoms with Crippen LogP contribution in [0.25, 0.3) is 0 Å². The molecular formula is C33H37N3O5Si. The normalized spacial score (nSPS) is 25.7. The highest BCUT2D eigenvalue weighted by Gasteiger charge is 2.66. The average Bonchev–Trinajstić information content (AvgIpc) is 3.41. The van der Waals surface area contributed by atoms with Crippen molar-refractivity contribution >= 4 is 37.2 Å². The third-order valence-corrected chi connectivity index (χ3v) is 11.4. The van der Waals surface area contributed by atoms with Crippen molar-refractivity contribution in [3.63, 3.8) is 0 Å². The van der Waals surface area contributed by atoms with E-state index in [0.29, 0.717) is 24.9 Å². The minimum Gasteiger partial charge on any atom is -0.432 e. The van der Waals surface area contributed by atoms with E-state index in [1.165, 1.54) is 5.01 Å². The summed E-state index contributed by atoms with van der Waals surface area (Å²) in [5, 5.41) is 16.0. The maximum Gasteiger partial charge on any atom is 0.264 e. The molecule has 1 spiro atoms. The second-order valence-corrected chi connectivity index (χ2v) is 16.0. The first-order valence-electron chi connectivity index (χ1n) is 14.6. The summed E-state index contributed by atoms with van der Waals surface area (Å²) in [6.45, 7) is 5.96. The molecule has 1 saturated heterocycles. The Balaban J connectivity index is 1.33. The van der Waals surface area contributed by atoms with Gasteiger partial charge in [-0.05, 0) is 48.8 Å². The Bertz CT molecular complexity index is 1540. The van der Waals surface area contributed by atoms with Crippen LogP contribution in [0.2, 0.25) is 18.6 Å². The lowest BCUT2D eigenvalue weighted by Crippen LogP contribution is -2.46. The van der Waals surface area contributed by atoms with E-state index in [1.54, 1.807) is 4.90 Å². The maximum absolute atomic E-state index is 14.4. The Morgan fingerprint density at radius 2 is 1.74 bits per heavy atom. The molecule has 3 aliphatic rings. The molecule has 0 aromatic heterocycles. The summed E-state index contributed by atoms with van der Waals surface area (Å²) in [6, 6.07) is 25.2. The molecule has 3 aromatic rings. The van der Waals surface area contributed by atoms with Crippen LogP contribution in [0.15, 0.2) is 84.0 Å². The highest BCUT2D eigenvalue weighted by Crippen LogP contribution is 2.59. The van der Waals surface area contributed by atoms with Crippen LogP contribution in [0.4, 0.5) is 11.4 Å². The summed E-state index contributed by atoms with van der Waals surface area (Å²) < 4.78 is 6.65. The van der Waals surface area contributed by atoms with E-state index < -0.39 is 20.0 Å². The zero-order chi connectivity index (χ0) is 29.6. The molecule has 1 fully saturated rings. The molecule has 0 aliphatic carbocycles. The maximum atomic E-state index is 14.4. The molecule has 2 amide bonds. The van der Waals surface area contributed by atoms with Crippen LogP contribution in [0, 0.1) is 5.92 Å². The van der Waals surface area contributed by atoms with Gasteiger partial charge in [0.25, 0.3) is 5.91 Å². The lowest BCUT2D eigenvalue weighted by Gasteiger charge is -2.32. The molecule has 0 unspecified atom stereocenters. The number of nitrogens with zero attached hydrogens (tertiary/aromatic N) is 3. The van der Waals surface area contributed by atoms with Crippen LogP contribution in [-0.4, -0.2) is 48.5 Å². The number of ether oxygens (including phenoxy) is 1. The Morgan fingerprint density at radius 1 is 1.00 bits per heavy atom. The van der Waals surface area contributed by atoms with Crippen molar-refractivity contribution in [3.05, 3.63) is 95.6 Å². The minimum atomic E-state index is -2.75. The third-order valence-electron chi connectivity index (χ3n) is 8.94. The molecule has 0 bridgehead atoms. The van der Waals surface area contributed by atoms with Gasteiger partial charge in [0.1, 0.15) is 0 Å². The molecule has 3 aliphatic heterocycles. The van der Waals surface area contributed by atoms with Crippen LogP contribution in [0.3, 0.4) is 0 Å². The fourth-order valence-electron chi connectivity index (χ4n) is 7.15. The summed E-state index contributed by atoms with van der Waals surface area (Å²) in [6.07, 6.45) is 0.901. The number of para-hydroxylation sites is 1. The highest BCUT2D eigenvalue weighted by atomic mass is 28.4. The first kappa shape index (κ1) is 28.5. The quantitative estimate of drug-likeness (QED) is 0.384. The predicted octanol–water partition coefficient (Wildman–Crippen LogP) is 4.94. The SMILES string of the molecule is C[C@H]1[C@H]([Si](C)(C)O)[C@@H](CCO)O[C@]12C(=O)N(Cc1cccc(N3N=C(c4ccccc4)CCC3=O)c1)c1ccccc12. The van der Waals surface area contributed by atoms with Gasteiger partial charge in [0.2, 0.25) is 5.91 Å². The van der Waals surface area contributed by atoms with Gasteiger partial charge in [-0.15, -0.1) is 0 Å². The Morgan fingerprint density at radius 3 is 2.48 bits per heavy atom. The van der Waals surface area contributed by atoms with Gasteiger partial charge in [-0.25, -0.2) is 5.01 Å². The predicted molar refractivity (Wildman–Crippen MR) is 165 cm³/mol. The van der Waals surface area contributed by atoms with Crippen LogP contribution < -0.4 is 9.91 Å². The lowest BCUT2D eigenvalue weighted by molar-refractivity contribution is -0.146. The summed E-state index contributed by atoms with van der Waals surface area (Å²) in [5.41, 5.74) is 3.49. The molecule has 6 rings (SSSR count). The van der Waals surface area contributed by atoms with Crippen molar-refractivity contribution in [2.75, 3.05) is 16.5 Å². The van der Waals surface area contributed by atoms with Gasteiger partial charge in [-0.2, -0.15) is 5.10 Å². The number of aliphatic hydroxyl groups is 1. The molecule has 0 radical (unpaired) electrons. The molecule has 218 valence electrons. The molecule has 8 nitrogen and oxygen atoms in total. The van der Waals surface area contributed by atoms with Crippen LogP contribution in [-0.2, 0) is 26.5 Å². The number of benzene rings is 3. The number of carbonyl (C=O) groups excluding carboxylic acids is 2. The fourth-order valence-corrected chi connectivity index (χ4v) is 9.75. The fraction of sp³-hybridized carbons (Fsp3) is 0.364. The van der Waals surface area contributed by atoms with Crippen molar-refractivity contribution in [3.8, 4) is 0 Å². The van der Waals surface area contributed by atoms with Crippen LogP contribution in [0.1, 0.15) is 42.9 Å². The highest BCUT2D eigenvalue weighted by molar-refractivity contribution is 6.71. The van der Waals surface area contributed by atoms with Gasteiger partial charge in [-0.3, -0.25) is 9.59 Å². The Kier molecular flexibility index (Phi) is 7.39. The molecule has 4 atom stereocenters. The molecule has 9 heteroatoms. The number of fused-ring (bicyclic) bond motifs is 2. The van der Waals surface area contributed by atoms with Gasteiger partial charge < -0.3 is 19.5 Å². The van der Waals surface area contributed by atoms with E-state index in [2.05, 4.69) is 0 Å². The second-order valence-electron chi connectivity index (χ2n) is 12.1. The number of hydrogen-bond donors (Lipinski definition) is 2. The van der Waals surface area contributed by atoms with Gasteiger partial charge in [0.05, 0.1) is 29.7 Å². The summed E-state index contributed by atoms with van der Waals surface area (Å²) >= 11 is 0. The van der Waals surface area contributed by atoms with Crippen LogP contribution in [0.5, 0.6) is 0 Å². The summed E-state index contributed by atoms with van der Waals surface area (Å²) in [4.78, 5) is 40.4. The number of rotatable bonds is 7. The standard InChI is InChI=1S/C33H37N3O5Si/c1-22-31(42(2,3)40)29(18-19-37)41-33(22)26-14-7-8-15-28(26)35(32(33)39)21-23-10-9-13-25(20-23)36-30(38)17-16-27(34-36)24-11-5-4-6-12-24/h4-15,20,22,29,31,37,40H,16-19,21H2,1-3H3/t22-,29+,31-,33+/m0/s1. The van der Waals surface area contributed by atoms with E-state index in [-0.39, 0.29) is 36.4 Å². The Hall–Kier alpha value is -3.63. The third kappa shape index (κ3) is 4.70. The number of amides is 2. The smallest absolute Gasteiger partial charge is 0.264 e. The van der Waals surface area contributed by atoms with Crippen molar-refractivity contribution in [1.29, 1.82) is 0 Å². The van der Waals surface area contributed by atoms with E-state index in [0.717, 1.165) is 28.1 Å². The van der Waals surface area contributed by atoms with Gasteiger partial charge in [0.15, 0.2) is 13.9 Å². The van der Waals surface area contributed by atoms with Crippen molar-refractivity contribution < 1.29 is 24.2 Å². The zero-order valence-corrected chi connectivity index (χ0v) is 25.2. The topological polar surface area (TPSA) is 103 Å². The number of hydrogen-bond acceptors (Lipinski definition) is 6. The van der Waals surface area contributed by atoms with Crippen molar-refractivity contribution in [1.82, 2.24) is 0 Å². The van der Waals surface area contributed by atoms with E-state index in [4.69, 9.17) is 9.84 Å². The Labute approximate surface area is 247 Å². The van der Waals surface area contributed by atoms with E-state index in [9.17, 15) is 19.5 Å². The summed E-state index contributed by atoms with van der Waals surface area (Å²) in [7, 11) is -2.75. The average molecular weight is 584 g/mol. The molecule has 0 saturated carbocycles. The largest absolute Gasteiger partial charge is 0.432 e. The monoisotopic (exact) mass is 583 g/mol. The second kappa shape index (κ2) is 10.9. The molecule has 42 heavy (non-hydrogen) atoms. The first-order valence-corrected chi connectivity index (χ1v) is 17.6. The number of aliphatic hydroxyl groups excluding tert-OH is 1. The minimum absolute atomic E-state index is 0.0710. The molecule has 3 aromatic carbocycles.